The lowest BCUT2D eigenvalue weighted by molar-refractivity contribution is 0.317. The molecule has 94 valence electrons. The van der Waals surface area contributed by atoms with Crippen molar-refractivity contribution in [3.8, 4) is 5.75 Å². The van der Waals surface area contributed by atoms with E-state index in [1.54, 1.807) is 0 Å². The van der Waals surface area contributed by atoms with Gasteiger partial charge >= 0.3 is 0 Å². The van der Waals surface area contributed by atoms with Gasteiger partial charge in [-0.2, -0.15) is 0 Å². The maximum Gasteiger partial charge on any atom is 0.119 e. The van der Waals surface area contributed by atoms with Gasteiger partial charge in [-0.3, -0.25) is 0 Å². The van der Waals surface area contributed by atoms with E-state index in [1.165, 1.54) is 12.0 Å². The zero-order valence-corrected chi connectivity index (χ0v) is 10.9. The summed E-state index contributed by atoms with van der Waals surface area (Å²) in [7, 11) is 0. The van der Waals surface area contributed by atoms with Gasteiger partial charge in [0.15, 0.2) is 0 Å². The van der Waals surface area contributed by atoms with Crippen molar-refractivity contribution in [2.24, 2.45) is 5.92 Å². The van der Waals surface area contributed by atoms with Crippen LogP contribution in [-0.4, -0.2) is 19.7 Å². The zero-order valence-electron chi connectivity index (χ0n) is 10.9. The molecule has 0 radical (unpaired) electrons. The van der Waals surface area contributed by atoms with Gasteiger partial charge in [0.2, 0.25) is 0 Å². The van der Waals surface area contributed by atoms with Gasteiger partial charge in [-0.15, -0.1) is 0 Å². The van der Waals surface area contributed by atoms with Crippen LogP contribution >= 0.6 is 0 Å². The van der Waals surface area contributed by atoms with Crippen LogP contribution in [0.15, 0.2) is 24.3 Å². The largest absolute Gasteiger partial charge is 0.494 e. The van der Waals surface area contributed by atoms with Crippen LogP contribution in [0.3, 0.4) is 0 Å². The van der Waals surface area contributed by atoms with Gasteiger partial charge < -0.3 is 10.1 Å². The fourth-order valence-corrected chi connectivity index (χ4v) is 2.47. The van der Waals surface area contributed by atoms with Crippen molar-refractivity contribution in [1.29, 1.82) is 0 Å². The van der Waals surface area contributed by atoms with Crippen molar-refractivity contribution < 1.29 is 4.74 Å². The van der Waals surface area contributed by atoms with E-state index in [2.05, 4.69) is 43.4 Å². The van der Waals surface area contributed by atoms with Crippen LogP contribution in [0, 0.1) is 5.92 Å². The molecule has 1 aromatic rings. The molecule has 0 aromatic heterocycles. The summed E-state index contributed by atoms with van der Waals surface area (Å²) in [5, 5.41) is 3.50. The number of hydrogen-bond donors (Lipinski definition) is 1. The summed E-state index contributed by atoms with van der Waals surface area (Å²) in [4.78, 5) is 0. The molecule has 17 heavy (non-hydrogen) atoms. The summed E-state index contributed by atoms with van der Waals surface area (Å²) in [5.41, 5.74) is 1.44. The van der Waals surface area contributed by atoms with E-state index < -0.39 is 0 Å². The fraction of sp³-hybridized carbons (Fsp3) is 0.600. The van der Waals surface area contributed by atoms with E-state index in [0.29, 0.717) is 5.92 Å². The van der Waals surface area contributed by atoms with Gasteiger partial charge in [-0.1, -0.05) is 26.0 Å². The third-order valence-electron chi connectivity index (χ3n) is 3.39. The Labute approximate surface area is 104 Å². The van der Waals surface area contributed by atoms with E-state index in [0.717, 1.165) is 37.8 Å². The van der Waals surface area contributed by atoms with Crippen molar-refractivity contribution in [1.82, 2.24) is 5.32 Å². The Morgan fingerprint density at radius 2 is 2.00 bits per heavy atom. The number of piperidine rings is 1. The van der Waals surface area contributed by atoms with Crippen molar-refractivity contribution in [2.45, 2.75) is 32.6 Å². The van der Waals surface area contributed by atoms with Gasteiger partial charge in [-0.05, 0) is 48.9 Å². The predicted octanol–water partition coefficient (Wildman–Crippen LogP) is 3.19. The Hall–Kier alpha value is -1.02. The maximum atomic E-state index is 5.60. The Kier molecular flexibility index (Phi) is 4.43. The molecule has 2 unspecified atom stereocenters. The van der Waals surface area contributed by atoms with Gasteiger partial charge in [0.25, 0.3) is 0 Å². The molecule has 1 aliphatic rings. The highest BCUT2D eigenvalue weighted by Gasteiger charge is 2.19. The van der Waals surface area contributed by atoms with Crippen LogP contribution in [-0.2, 0) is 0 Å². The van der Waals surface area contributed by atoms with Gasteiger partial charge in [-0.25, -0.2) is 0 Å². The summed E-state index contributed by atoms with van der Waals surface area (Å²) in [5.74, 6) is 2.44. The summed E-state index contributed by atoms with van der Waals surface area (Å²) < 4.78 is 5.60. The number of hydrogen-bond acceptors (Lipinski definition) is 2. The minimum Gasteiger partial charge on any atom is -0.494 e. The second-order valence-corrected chi connectivity index (χ2v) is 5.11. The standard InChI is InChI=1S/C15H23NO/c1-3-8-17-15-6-4-13(5-7-15)14-9-12(2)10-16-11-14/h4-7,12,14,16H,3,8-11H2,1-2H3. The summed E-state index contributed by atoms with van der Waals surface area (Å²) in [6.45, 7) is 7.52. The second kappa shape index (κ2) is 6.06. The Bertz CT molecular complexity index is 333. The van der Waals surface area contributed by atoms with Gasteiger partial charge in [0, 0.05) is 6.54 Å². The Balaban J connectivity index is 1.96. The van der Waals surface area contributed by atoms with Crippen molar-refractivity contribution in [2.75, 3.05) is 19.7 Å². The minimum absolute atomic E-state index is 0.666. The molecule has 1 aromatic carbocycles. The molecule has 1 aliphatic heterocycles. The van der Waals surface area contributed by atoms with Crippen LogP contribution in [0.1, 0.15) is 38.2 Å². The quantitative estimate of drug-likeness (QED) is 0.862. The van der Waals surface area contributed by atoms with Crippen LogP contribution in [0.2, 0.25) is 0 Å². The SMILES string of the molecule is CCCOc1ccc(C2CNCC(C)C2)cc1. The molecule has 2 nitrogen and oxygen atoms in total. The first-order valence-electron chi connectivity index (χ1n) is 6.73. The minimum atomic E-state index is 0.666. The number of ether oxygens (including phenoxy) is 1. The highest BCUT2D eigenvalue weighted by Crippen LogP contribution is 2.27. The molecular weight excluding hydrogens is 210 g/mol. The molecule has 0 amide bonds. The molecule has 2 rings (SSSR count). The second-order valence-electron chi connectivity index (χ2n) is 5.11. The average Bonchev–Trinajstić information content (AvgIpc) is 2.37. The lowest BCUT2D eigenvalue weighted by atomic mass is 9.86. The monoisotopic (exact) mass is 233 g/mol. The Morgan fingerprint density at radius 1 is 1.24 bits per heavy atom. The van der Waals surface area contributed by atoms with E-state index >= 15 is 0 Å². The van der Waals surface area contributed by atoms with E-state index in [9.17, 15) is 0 Å². The normalized spacial score (nSPS) is 24.6. The fourth-order valence-electron chi connectivity index (χ4n) is 2.47. The van der Waals surface area contributed by atoms with Gasteiger partial charge in [0.05, 0.1) is 6.61 Å². The Morgan fingerprint density at radius 3 is 2.65 bits per heavy atom. The molecule has 1 fully saturated rings. The summed E-state index contributed by atoms with van der Waals surface area (Å²) in [6, 6.07) is 8.64. The molecule has 1 heterocycles. The highest BCUT2D eigenvalue weighted by atomic mass is 16.5. The third kappa shape index (κ3) is 3.47. The number of rotatable bonds is 4. The lowest BCUT2D eigenvalue weighted by Crippen LogP contribution is -2.33. The zero-order chi connectivity index (χ0) is 12.1. The van der Waals surface area contributed by atoms with Crippen molar-refractivity contribution in [3.63, 3.8) is 0 Å². The number of benzene rings is 1. The van der Waals surface area contributed by atoms with E-state index in [-0.39, 0.29) is 0 Å². The molecule has 1 N–H and O–H groups in total. The van der Waals surface area contributed by atoms with Gasteiger partial charge in [0.1, 0.15) is 5.75 Å². The summed E-state index contributed by atoms with van der Waals surface area (Å²) >= 11 is 0. The van der Waals surface area contributed by atoms with Crippen LogP contribution in [0.25, 0.3) is 0 Å². The van der Waals surface area contributed by atoms with Crippen molar-refractivity contribution >= 4 is 0 Å². The number of nitrogens with one attached hydrogen (secondary N) is 1. The predicted molar refractivity (Wildman–Crippen MR) is 71.6 cm³/mol. The average molecular weight is 233 g/mol. The lowest BCUT2D eigenvalue weighted by Gasteiger charge is -2.28. The first-order valence-corrected chi connectivity index (χ1v) is 6.73. The van der Waals surface area contributed by atoms with Crippen LogP contribution in [0.4, 0.5) is 0 Å². The topological polar surface area (TPSA) is 21.3 Å². The third-order valence-corrected chi connectivity index (χ3v) is 3.39. The highest BCUT2D eigenvalue weighted by molar-refractivity contribution is 5.30. The van der Waals surface area contributed by atoms with Crippen molar-refractivity contribution in [3.05, 3.63) is 29.8 Å². The molecule has 0 saturated carbocycles. The first-order chi connectivity index (χ1) is 8.29. The van der Waals surface area contributed by atoms with E-state index in [1.807, 2.05) is 0 Å². The molecular formula is C15H23NO. The van der Waals surface area contributed by atoms with Crippen LogP contribution < -0.4 is 10.1 Å². The molecule has 0 aliphatic carbocycles. The molecule has 0 bridgehead atoms. The maximum absolute atomic E-state index is 5.60. The van der Waals surface area contributed by atoms with E-state index in [4.69, 9.17) is 4.74 Å². The first kappa shape index (κ1) is 12.4. The summed E-state index contributed by atoms with van der Waals surface area (Å²) in [6.07, 6.45) is 2.36. The van der Waals surface area contributed by atoms with Crippen LogP contribution in [0.5, 0.6) is 5.75 Å². The molecule has 1 saturated heterocycles. The molecule has 2 heteroatoms. The molecule has 0 spiro atoms. The molecule has 2 atom stereocenters. The smallest absolute Gasteiger partial charge is 0.119 e.